The first kappa shape index (κ1) is 21.6. The van der Waals surface area contributed by atoms with Gasteiger partial charge in [-0.3, -0.25) is 15.2 Å². The van der Waals surface area contributed by atoms with Crippen LogP contribution in [0.2, 0.25) is 5.02 Å². The average Bonchev–Trinajstić information content (AvgIpc) is 3.12. The molecule has 2 heterocycles. The number of anilines is 1. The van der Waals surface area contributed by atoms with Gasteiger partial charge in [0.2, 0.25) is 0 Å². The zero-order valence-electron chi connectivity index (χ0n) is 17.7. The Balaban J connectivity index is 1.63. The molecule has 2 atom stereocenters. The van der Waals surface area contributed by atoms with Gasteiger partial charge in [0.1, 0.15) is 11.5 Å². The van der Waals surface area contributed by atoms with E-state index in [9.17, 15) is 9.90 Å². The molecule has 2 aliphatic heterocycles. The molecule has 7 nitrogen and oxygen atoms in total. The first-order valence-electron chi connectivity index (χ1n) is 10.5. The summed E-state index contributed by atoms with van der Waals surface area (Å²) in [7, 11) is 1.63. The number of carbonyl (C=O) groups excluding carboxylic acids is 1. The van der Waals surface area contributed by atoms with E-state index >= 15 is 0 Å². The monoisotopic (exact) mass is 442 g/mol. The lowest BCUT2D eigenvalue weighted by atomic mass is 9.91. The smallest absolute Gasteiger partial charge is 0.282 e. The van der Waals surface area contributed by atoms with Gasteiger partial charge < -0.3 is 9.84 Å². The van der Waals surface area contributed by atoms with Gasteiger partial charge >= 0.3 is 0 Å². The van der Waals surface area contributed by atoms with Gasteiger partial charge in [-0.15, -0.1) is 0 Å². The lowest BCUT2D eigenvalue weighted by molar-refractivity contribution is -0.120. The fourth-order valence-corrected chi connectivity index (χ4v) is 4.36. The van der Waals surface area contributed by atoms with Crippen molar-refractivity contribution >= 4 is 28.9 Å². The third kappa shape index (κ3) is 4.54. The Morgan fingerprint density at radius 3 is 2.48 bits per heavy atom. The van der Waals surface area contributed by atoms with E-state index in [1.807, 2.05) is 65.5 Å². The Hall–Kier alpha value is -2.61. The summed E-state index contributed by atoms with van der Waals surface area (Å²) in [5.41, 5.74) is 5.18. The number of hydrazine groups is 1. The molecular formula is C23H27ClN4O3. The SMILES string of the molecule is COc1ccc(C2C(C)C(C(=O)NN3CCC(O)CC3)=NN2c2ccccc2Cl)cc1. The number of hydrogen-bond donors (Lipinski definition) is 2. The van der Waals surface area contributed by atoms with Crippen molar-refractivity contribution in [3.63, 3.8) is 0 Å². The largest absolute Gasteiger partial charge is 0.497 e. The number of amides is 1. The molecule has 2 aliphatic rings. The molecule has 1 amide bonds. The van der Waals surface area contributed by atoms with Crippen LogP contribution in [0.4, 0.5) is 5.69 Å². The van der Waals surface area contributed by atoms with Crippen LogP contribution in [0.1, 0.15) is 31.4 Å². The first-order valence-corrected chi connectivity index (χ1v) is 10.9. The topological polar surface area (TPSA) is 77.4 Å². The summed E-state index contributed by atoms with van der Waals surface area (Å²) >= 11 is 6.49. The molecule has 1 saturated heterocycles. The minimum absolute atomic E-state index is 0.167. The first-order chi connectivity index (χ1) is 15.0. The van der Waals surface area contributed by atoms with E-state index in [1.54, 1.807) is 7.11 Å². The van der Waals surface area contributed by atoms with Crippen molar-refractivity contribution in [2.45, 2.75) is 31.9 Å². The Bertz CT molecular complexity index is 958. The molecule has 4 rings (SSSR count). The lowest BCUT2D eigenvalue weighted by Gasteiger charge is -2.30. The summed E-state index contributed by atoms with van der Waals surface area (Å²) in [4.78, 5) is 13.1. The predicted octanol–water partition coefficient (Wildman–Crippen LogP) is 3.39. The Kier molecular flexibility index (Phi) is 6.46. The number of rotatable bonds is 5. The van der Waals surface area contributed by atoms with E-state index in [1.165, 1.54) is 0 Å². The molecule has 0 saturated carbocycles. The summed E-state index contributed by atoms with van der Waals surface area (Å²) in [5.74, 6) is 0.377. The maximum atomic E-state index is 13.1. The fraction of sp³-hybridized carbons (Fsp3) is 0.391. The number of hydrogen-bond acceptors (Lipinski definition) is 6. The van der Waals surface area contributed by atoms with Gasteiger partial charge in [0.05, 0.1) is 30.0 Å². The van der Waals surface area contributed by atoms with Crippen molar-refractivity contribution < 1.29 is 14.6 Å². The molecular weight excluding hydrogens is 416 g/mol. The fourth-order valence-electron chi connectivity index (χ4n) is 4.13. The quantitative estimate of drug-likeness (QED) is 0.742. The standard InChI is InChI=1S/C23H27ClN4O3/c1-15-21(23(30)26-27-13-11-17(29)12-14-27)25-28(20-6-4-3-5-19(20)24)22(15)16-7-9-18(31-2)10-8-16/h3-10,15,17,22,29H,11-14H2,1-2H3,(H,26,30). The highest BCUT2D eigenvalue weighted by molar-refractivity contribution is 6.40. The summed E-state index contributed by atoms with van der Waals surface area (Å²) in [5, 5.41) is 18.7. The van der Waals surface area contributed by atoms with E-state index in [-0.39, 0.29) is 24.0 Å². The number of methoxy groups -OCH3 is 1. The molecule has 0 spiro atoms. The normalized spacial score (nSPS) is 22.3. The number of nitrogens with one attached hydrogen (secondary N) is 1. The molecule has 2 N–H and O–H groups in total. The maximum absolute atomic E-state index is 13.1. The Morgan fingerprint density at radius 2 is 1.84 bits per heavy atom. The van der Waals surface area contributed by atoms with Gasteiger partial charge in [-0.1, -0.05) is 42.8 Å². The van der Waals surface area contributed by atoms with Crippen molar-refractivity contribution in [1.29, 1.82) is 0 Å². The van der Waals surface area contributed by atoms with Crippen molar-refractivity contribution in [2.24, 2.45) is 11.0 Å². The van der Waals surface area contributed by atoms with E-state index < -0.39 is 0 Å². The molecule has 0 aliphatic carbocycles. The zero-order valence-corrected chi connectivity index (χ0v) is 18.4. The summed E-state index contributed by atoms with van der Waals surface area (Å²) < 4.78 is 5.29. The number of hydrazone groups is 1. The highest BCUT2D eigenvalue weighted by Gasteiger charge is 2.40. The van der Waals surface area contributed by atoms with Crippen LogP contribution in [0.25, 0.3) is 0 Å². The van der Waals surface area contributed by atoms with Gasteiger partial charge in [-0.05, 0) is 42.7 Å². The number of piperidine rings is 1. The van der Waals surface area contributed by atoms with Crippen LogP contribution in [0.3, 0.4) is 0 Å². The lowest BCUT2D eigenvalue weighted by Crippen LogP contribution is -2.50. The van der Waals surface area contributed by atoms with Gasteiger partial charge in [0, 0.05) is 19.0 Å². The van der Waals surface area contributed by atoms with Crippen LogP contribution in [-0.4, -0.2) is 48.0 Å². The number of aliphatic hydroxyl groups is 1. The molecule has 1 fully saturated rings. The van der Waals surface area contributed by atoms with Crippen molar-refractivity contribution in [2.75, 3.05) is 25.2 Å². The highest BCUT2D eigenvalue weighted by Crippen LogP contribution is 2.41. The van der Waals surface area contributed by atoms with Gasteiger partial charge in [-0.25, -0.2) is 5.01 Å². The molecule has 0 aromatic heterocycles. The van der Waals surface area contributed by atoms with Crippen LogP contribution in [-0.2, 0) is 4.79 Å². The highest BCUT2D eigenvalue weighted by atomic mass is 35.5. The second-order valence-electron chi connectivity index (χ2n) is 7.95. The molecule has 8 heteroatoms. The number of ether oxygens (including phenoxy) is 1. The second kappa shape index (κ2) is 9.26. The maximum Gasteiger partial charge on any atom is 0.282 e. The Labute approximate surface area is 187 Å². The number of para-hydroxylation sites is 1. The number of halogens is 1. The molecule has 0 radical (unpaired) electrons. The molecule has 0 bridgehead atoms. The summed E-state index contributed by atoms with van der Waals surface area (Å²) in [6.45, 7) is 3.24. The van der Waals surface area contributed by atoms with Crippen LogP contribution < -0.4 is 15.2 Å². The second-order valence-corrected chi connectivity index (χ2v) is 8.35. The zero-order chi connectivity index (χ0) is 22.0. The molecule has 2 aromatic carbocycles. The third-order valence-electron chi connectivity index (χ3n) is 5.90. The minimum atomic E-state index is -0.300. The van der Waals surface area contributed by atoms with E-state index in [2.05, 4.69) is 5.43 Å². The Morgan fingerprint density at radius 1 is 1.16 bits per heavy atom. The van der Waals surface area contributed by atoms with Crippen LogP contribution in [0.5, 0.6) is 5.75 Å². The van der Waals surface area contributed by atoms with Gasteiger partial charge in [0.15, 0.2) is 0 Å². The number of benzene rings is 2. The molecule has 2 aromatic rings. The van der Waals surface area contributed by atoms with Crippen molar-refractivity contribution in [1.82, 2.24) is 10.4 Å². The summed E-state index contributed by atoms with van der Waals surface area (Å²) in [6.07, 6.45) is 0.983. The van der Waals surface area contributed by atoms with Crippen LogP contribution in [0, 0.1) is 5.92 Å². The molecule has 164 valence electrons. The summed E-state index contributed by atoms with van der Waals surface area (Å²) in [6, 6.07) is 15.1. The van der Waals surface area contributed by atoms with E-state index in [0.29, 0.717) is 36.7 Å². The van der Waals surface area contributed by atoms with Crippen LogP contribution >= 0.6 is 11.6 Å². The van der Waals surface area contributed by atoms with Crippen molar-refractivity contribution in [3.8, 4) is 5.75 Å². The predicted molar refractivity (Wildman–Crippen MR) is 121 cm³/mol. The average molecular weight is 443 g/mol. The van der Waals surface area contributed by atoms with Crippen molar-refractivity contribution in [3.05, 3.63) is 59.1 Å². The van der Waals surface area contributed by atoms with E-state index in [0.717, 1.165) is 17.0 Å². The molecule has 2 unspecified atom stereocenters. The number of aliphatic hydroxyl groups excluding tert-OH is 1. The van der Waals surface area contributed by atoms with Crippen LogP contribution in [0.15, 0.2) is 53.6 Å². The molecule has 31 heavy (non-hydrogen) atoms. The van der Waals surface area contributed by atoms with Gasteiger partial charge in [0.25, 0.3) is 5.91 Å². The number of carbonyl (C=O) groups is 1. The number of nitrogens with zero attached hydrogens (tertiary/aromatic N) is 3. The van der Waals surface area contributed by atoms with E-state index in [4.69, 9.17) is 21.4 Å². The minimum Gasteiger partial charge on any atom is -0.497 e. The third-order valence-corrected chi connectivity index (χ3v) is 6.22. The van der Waals surface area contributed by atoms with Gasteiger partial charge in [-0.2, -0.15) is 5.10 Å².